The van der Waals surface area contributed by atoms with E-state index in [2.05, 4.69) is 24.1 Å². The fraction of sp³-hybridized carbons (Fsp3) is 1.00. The summed E-state index contributed by atoms with van der Waals surface area (Å²) in [7, 11) is 0. The first-order valence-corrected chi connectivity index (χ1v) is 7.83. The minimum atomic E-state index is 0.566. The first kappa shape index (κ1) is 14.3. The van der Waals surface area contributed by atoms with Crippen LogP contribution in [-0.2, 0) is 4.74 Å². The van der Waals surface area contributed by atoms with Gasteiger partial charge in [0.2, 0.25) is 0 Å². The van der Waals surface area contributed by atoms with E-state index in [1.165, 1.54) is 51.7 Å². The molecule has 18 heavy (non-hydrogen) atoms. The van der Waals surface area contributed by atoms with Gasteiger partial charge in [0.25, 0.3) is 0 Å². The highest BCUT2D eigenvalue weighted by Crippen LogP contribution is 2.20. The Kier molecular flexibility index (Phi) is 5.93. The Morgan fingerprint density at radius 3 is 2.72 bits per heavy atom. The lowest BCUT2D eigenvalue weighted by Crippen LogP contribution is -2.42. The molecule has 3 nitrogen and oxygen atoms in total. The summed E-state index contributed by atoms with van der Waals surface area (Å²) in [5, 5.41) is 3.66. The molecule has 3 heteroatoms. The molecule has 0 aromatic carbocycles. The summed E-state index contributed by atoms with van der Waals surface area (Å²) in [5.74, 6) is 0.723. The number of nitrogens with zero attached hydrogens (tertiary/aromatic N) is 1. The zero-order valence-corrected chi connectivity index (χ0v) is 12.2. The minimum absolute atomic E-state index is 0.566. The molecular weight excluding hydrogens is 224 g/mol. The highest BCUT2D eigenvalue weighted by Gasteiger charge is 2.20. The van der Waals surface area contributed by atoms with Gasteiger partial charge in [-0.15, -0.1) is 0 Å². The maximum absolute atomic E-state index is 5.98. The fourth-order valence-corrected chi connectivity index (χ4v) is 3.08. The van der Waals surface area contributed by atoms with Crippen LogP contribution in [0, 0.1) is 5.92 Å². The van der Waals surface area contributed by atoms with E-state index in [4.69, 9.17) is 4.74 Å². The van der Waals surface area contributed by atoms with E-state index in [9.17, 15) is 0 Å². The van der Waals surface area contributed by atoms with Gasteiger partial charge in [-0.25, -0.2) is 0 Å². The molecule has 2 aliphatic rings. The Bertz CT molecular complexity index is 227. The highest BCUT2D eigenvalue weighted by molar-refractivity contribution is 4.79. The number of ether oxygens (including phenoxy) is 1. The molecule has 0 bridgehead atoms. The SMILES string of the molecule is CC(C)C1CN(CCOC2CCCC2)CCCN1. The summed E-state index contributed by atoms with van der Waals surface area (Å²) in [6.45, 7) is 10.3. The van der Waals surface area contributed by atoms with Crippen molar-refractivity contribution in [2.75, 3.05) is 32.8 Å². The van der Waals surface area contributed by atoms with Gasteiger partial charge in [-0.2, -0.15) is 0 Å². The van der Waals surface area contributed by atoms with Gasteiger partial charge in [-0.1, -0.05) is 26.7 Å². The molecule has 1 heterocycles. The number of rotatable bonds is 5. The second-order valence-electron chi connectivity index (χ2n) is 6.24. The average Bonchev–Trinajstić information content (AvgIpc) is 2.73. The van der Waals surface area contributed by atoms with Crippen molar-refractivity contribution in [1.29, 1.82) is 0 Å². The van der Waals surface area contributed by atoms with Crippen LogP contribution >= 0.6 is 0 Å². The lowest BCUT2D eigenvalue weighted by molar-refractivity contribution is 0.0409. The van der Waals surface area contributed by atoms with Crippen molar-refractivity contribution < 1.29 is 4.74 Å². The summed E-state index contributed by atoms with van der Waals surface area (Å²) >= 11 is 0. The molecule has 0 radical (unpaired) electrons. The van der Waals surface area contributed by atoms with Gasteiger partial charge >= 0.3 is 0 Å². The molecule has 0 aromatic rings. The Morgan fingerprint density at radius 2 is 2.00 bits per heavy atom. The average molecular weight is 254 g/mol. The second-order valence-corrected chi connectivity index (χ2v) is 6.24. The molecular formula is C15H30N2O. The molecule has 1 saturated heterocycles. The van der Waals surface area contributed by atoms with Crippen LogP contribution in [0.15, 0.2) is 0 Å². The molecule has 2 fully saturated rings. The predicted octanol–water partition coefficient (Wildman–Crippen LogP) is 2.27. The van der Waals surface area contributed by atoms with Crippen molar-refractivity contribution >= 4 is 0 Å². The third kappa shape index (κ3) is 4.52. The lowest BCUT2D eigenvalue weighted by Gasteiger charge is -2.27. The number of hydrogen-bond donors (Lipinski definition) is 1. The molecule has 0 spiro atoms. The quantitative estimate of drug-likeness (QED) is 0.814. The molecule has 1 unspecified atom stereocenters. The fourth-order valence-electron chi connectivity index (χ4n) is 3.08. The number of nitrogens with one attached hydrogen (secondary N) is 1. The van der Waals surface area contributed by atoms with Gasteiger partial charge in [-0.3, -0.25) is 4.90 Å². The normalized spacial score (nSPS) is 27.8. The first-order valence-electron chi connectivity index (χ1n) is 7.83. The van der Waals surface area contributed by atoms with Gasteiger partial charge in [0, 0.05) is 19.1 Å². The molecule has 1 atom stereocenters. The van der Waals surface area contributed by atoms with Gasteiger partial charge in [0.05, 0.1) is 12.7 Å². The summed E-state index contributed by atoms with van der Waals surface area (Å²) < 4.78 is 5.98. The highest BCUT2D eigenvalue weighted by atomic mass is 16.5. The van der Waals surface area contributed by atoms with Gasteiger partial charge < -0.3 is 10.1 Å². The van der Waals surface area contributed by atoms with Crippen LogP contribution in [0.2, 0.25) is 0 Å². The van der Waals surface area contributed by atoms with Crippen molar-refractivity contribution in [1.82, 2.24) is 10.2 Å². The summed E-state index contributed by atoms with van der Waals surface area (Å²) in [5.41, 5.74) is 0. The maximum atomic E-state index is 5.98. The van der Waals surface area contributed by atoms with Gasteiger partial charge in [0.15, 0.2) is 0 Å². The van der Waals surface area contributed by atoms with Crippen LogP contribution in [0.5, 0.6) is 0 Å². The molecule has 1 aliphatic heterocycles. The van der Waals surface area contributed by atoms with Gasteiger partial charge in [-0.05, 0) is 38.3 Å². The summed E-state index contributed by atoms with van der Waals surface area (Å²) in [6.07, 6.45) is 7.15. The van der Waals surface area contributed by atoms with E-state index in [-0.39, 0.29) is 0 Å². The Hall–Kier alpha value is -0.120. The van der Waals surface area contributed by atoms with E-state index in [0.29, 0.717) is 12.1 Å². The van der Waals surface area contributed by atoms with Crippen LogP contribution in [0.3, 0.4) is 0 Å². The van der Waals surface area contributed by atoms with Crippen molar-refractivity contribution in [2.45, 2.75) is 58.1 Å². The third-order valence-electron chi connectivity index (χ3n) is 4.38. The summed E-state index contributed by atoms with van der Waals surface area (Å²) in [4.78, 5) is 2.58. The topological polar surface area (TPSA) is 24.5 Å². The van der Waals surface area contributed by atoms with Crippen LogP contribution in [-0.4, -0.2) is 49.8 Å². The van der Waals surface area contributed by atoms with E-state index in [1.54, 1.807) is 0 Å². The van der Waals surface area contributed by atoms with Crippen LogP contribution in [0.25, 0.3) is 0 Å². The van der Waals surface area contributed by atoms with Crippen molar-refractivity contribution in [3.8, 4) is 0 Å². The largest absolute Gasteiger partial charge is 0.377 e. The maximum Gasteiger partial charge on any atom is 0.0597 e. The molecule has 0 aromatic heterocycles. The van der Waals surface area contributed by atoms with Crippen molar-refractivity contribution in [3.05, 3.63) is 0 Å². The Balaban J connectivity index is 1.66. The summed E-state index contributed by atoms with van der Waals surface area (Å²) in [6, 6.07) is 0.652. The first-order chi connectivity index (χ1) is 8.75. The van der Waals surface area contributed by atoms with E-state index in [1.807, 2.05) is 0 Å². The number of hydrogen-bond acceptors (Lipinski definition) is 3. The smallest absolute Gasteiger partial charge is 0.0597 e. The van der Waals surface area contributed by atoms with E-state index in [0.717, 1.165) is 19.1 Å². The monoisotopic (exact) mass is 254 g/mol. The van der Waals surface area contributed by atoms with E-state index < -0.39 is 0 Å². The molecule has 0 amide bonds. The lowest BCUT2D eigenvalue weighted by atomic mass is 10.0. The van der Waals surface area contributed by atoms with Crippen molar-refractivity contribution in [3.63, 3.8) is 0 Å². The molecule has 2 rings (SSSR count). The van der Waals surface area contributed by atoms with Crippen LogP contribution < -0.4 is 5.32 Å². The molecule has 106 valence electrons. The van der Waals surface area contributed by atoms with E-state index >= 15 is 0 Å². The third-order valence-corrected chi connectivity index (χ3v) is 4.38. The Labute approximate surface area is 112 Å². The zero-order chi connectivity index (χ0) is 12.8. The zero-order valence-electron chi connectivity index (χ0n) is 12.2. The second kappa shape index (κ2) is 7.46. The van der Waals surface area contributed by atoms with Crippen molar-refractivity contribution in [2.24, 2.45) is 5.92 Å². The minimum Gasteiger partial charge on any atom is -0.377 e. The van der Waals surface area contributed by atoms with Crippen LogP contribution in [0.4, 0.5) is 0 Å². The molecule has 1 saturated carbocycles. The van der Waals surface area contributed by atoms with Crippen LogP contribution in [0.1, 0.15) is 46.0 Å². The Morgan fingerprint density at radius 1 is 1.22 bits per heavy atom. The molecule has 1 aliphatic carbocycles. The standard InChI is InChI=1S/C15H30N2O/c1-13(2)15-12-17(9-5-8-16-15)10-11-18-14-6-3-4-7-14/h13-16H,3-12H2,1-2H3. The predicted molar refractivity (Wildman–Crippen MR) is 75.9 cm³/mol. The van der Waals surface area contributed by atoms with Gasteiger partial charge in [0.1, 0.15) is 0 Å². The molecule has 1 N–H and O–H groups in total.